The summed E-state index contributed by atoms with van der Waals surface area (Å²) in [6.07, 6.45) is 5.61. The highest BCUT2D eigenvalue weighted by molar-refractivity contribution is 7.89. The van der Waals surface area contributed by atoms with Gasteiger partial charge in [-0.15, -0.1) is 0 Å². The van der Waals surface area contributed by atoms with E-state index in [0.29, 0.717) is 50.1 Å². The van der Waals surface area contributed by atoms with E-state index in [1.165, 1.54) is 10.4 Å². The lowest BCUT2D eigenvalue weighted by Gasteiger charge is -2.34. The van der Waals surface area contributed by atoms with Gasteiger partial charge in [-0.1, -0.05) is 13.8 Å². The highest BCUT2D eigenvalue weighted by Gasteiger charge is 2.32. The molecule has 7 nitrogen and oxygen atoms in total. The van der Waals surface area contributed by atoms with E-state index in [4.69, 9.17) is 0 Å². The fourth-order valence-electron chi connectivity index (χ4n) is 5.17. The number of aromatic nitrogens is 1. The number of pyridine rings is 1. The number of benzene rings is 1. The Labute approximate surface area is 190 Å². The van der Waals surface area contributed by atoms with Gasteiger partial charge in [-0.2, -0.15) is 4.31 Å². The molecule has 2 unspecified atom stereocenters. The third-order valence-electron chi connectivity index (χ3n) is 6.74. The second kappa shape index (κ2) is 8.98. The Morgan fingerprint density at radius 1 is 1.06 bits per heavy atom. The summed E-state index contributed by atoms with van der Waals surface area (Å²) in [5.41, 5.74) is 0.376. The Kier molecular flexibility index (Phi) is 6.45. The number of piperidine rings is 2. The summed E-state index contributed by atoms with van der Waals surface area (Å²) in [6, 6.07) is 4.74. The van der Waals surface area contributed by atoms with Gasteiger partial charge in [0, 0.05) is 44.3 Å². The minimum absolute atomic E-state index is 0.119. The summed E-state index contributed by atoms with van der Waals surface area (Å²) < 4.78 is 30.2. The molecule has 2 aliphatic rings. The molecule has 174 valence electrons. The number of likely N-dealkylation sites (tertiary alicyclic amines) is 1. The van der Waals surface area contributed by atoms with Gasteiger partial charge in [0.25, 0.3) is 5.91 Å². The van der Waals surface area contributed by atoms with E-state index in [0.717, 1.165) is 25.7 Å². The fourth-order valence-corrected chi connectivity index (χ4v) is 6.88. The Hall–Kier alpha value is -2.19. The third-order valence-corrected chi connectivity index (χ3v) is 8.57. The van der Waals surface area contributed by atoms with Gasteiger partial charge in [0.15, 0.2) is 0 Å². The van der Waals surface area contributed by atoms with Crippen LogP contribution >= 0.6 is 0 Å². The summed E-state index contributed by atoms with van der Waals surface area (Å²) in [5.74, 6) is 0.325. The number of carbonyl (C=O) groups excluding carboxylic acids is 1. The number of rotatable bonds is 4. The fraction of sp³-hybridized carbons (Fsp3) is 0.583. The molecule has 8 heteroatoms. The summed E-state index contributed by atoms with van der Waals surface area (Å²) in [7, 11) is -3.72. The summed E-state index contributed by atoms with van der Waals surface area (Å²) in [4.78, 5) is 28.3. The zero-order valence-corrected chi connectivity index (χ0v) is 20.0. The Balaban J connectivity index is 1.79. The predicted molar refractivity (Wildman–Crippen MR) is 125 cm³/mol. The van der Waals surface area contributed by atoms with Crippen LogP contribution in [0.5, 0.6) is 0 Å². The van der Waals surface area contributed by atoms with E-state index < -0.39 is 15.5 Å². The van der Waals surface area contributed by atoms with Gasteiger partial charge in [-0.3, -0.25) is 9.59 Å². The van der Waals surface area contributed by atoms with Gasteiger partial charge in [0.2, 0.25) is 15.5 Å². The van der Waals surface area contributed by atoms with E-state index >= 15 is 0 Å². The van der Waals surface area contributed by atoms with Crippen LogP contribution in [-0.2, 0) is 16.6 Å². The molecule has 2 aromatic rings. The zero-order valence-electron chi connectivity index (χ0n) is 19.2. The van der Waals surface area contributed by atoms with Crippen molar-refractivity contribution in [2.45, 2.75) is 57.9 Å². The predicted octanol–water partition coefficient (Wildman–Crippen LogP) is 3.31. The van der Waals surface area contributed by atoms with Gasteiger partial charge in [0.1, 0.15) is 5.56 Å². The van der Waals surface area contributed by atoms with Crippen LogP contribution in [0.2, 0.25) is 0 Å². The van der Waals surface area contributed by atoms with Crippen molar-refractivity contribution in [2.75, 3.05) is 26.2 Å². The van der Waals surface area contributed by atoms with Gasteiger partial charge in [-0.25, -0.2) is 8.42 Å². The minimum Gasteiger partial charge on any atom is -0.347 e. The number of hydrogen-bond acceptors (Lipinski definition) is 4. The molecule has 2 fully saturated rings. The number of fused-ring (bicyclic) bond motifs is 1. The molecule has 0 radical (unpaired) electrons. The van der Waals surface area contributed by atoms with E-state index in [1.54, 1.807) is 23.2 Å². The first-order valence-corrected chi connectivity index (χ1v) is 13.1. The Bertz CT molecular complexity index is 1170. The monoisotopic (exact) mass is 459 g/mol. The molecule has 1 aromatic heterocycles. The smallest absolute Gasteiger partial charge is 0.259 e. The van der Waals surface area contributed by atoms with Crippen LogP contribution in [0.25, 0.3) is 10.9 Å². The molecule has 0 spiro atoms. The summed E-state index contributed by atoms with van der Waals surface area (Å²) in [6.45, 7) is 8.93. The number of carbonyl (C=O) groups is 1. The lowest BCUT2D eigenvalue weighted by Crippen LogP contribution is -2.42. The first-order chi connectivity index (χ1) is 15.2. The van der Waals surface area contributed by atoms with Gasteiger partial charge < -0.3 is 9.47 Å². The van der Waals surface area contributed by atoms with Crippen molar-refractivity contribution in [3.8, 4) is 0 Å². The SMILES string of the molecule is CCn1cc(C(=O)N2CCCCC2)c(=O)c2cc(S(=O)(=O)N3CC(C)CC(C)C3)ccc21. The molecule has 3 heterocycles. The van der Waals surface area contributed by atoms with Gasteiger partial charge >= 0.3 is 0 Å². The van der Waals surface area contributed by atoms with E-state index in [9.17, 15) is 18.0 Å². The third kappa shape index (κ3) is 4.22. The first-order valence-electron chi connectivity index (χ1n) is 11.7. The molecular weight excluding hydrogens is 426 g/mol. The molecule has 4 rings (SSSR count). The Morgan fingerprint density at radius 2 is 1.72 bits per heavy atom. The van der Waals surface area contributed by atoms with Crippen molar-refractivity contribution in [2.24, 2.45) is 11.8 Å². The van der Waals surface area contributed by atoms with E-state index in [2.05, 4.69) is 13.8 Å². The lowest BCUT2D eigenvalue weighted by atomic mass is 9.94. The molecule has 2 atom stereocenters. The van der Waals surface area contributed by atoms with Crippen LogP contribution < -0.4 is 5.43 Å². The van der Waals surface area contributed by atoms with Crippen LogP contribution in [0, 0.1) is 11.8 Å². The highest BCUT2D eigenvalue weighted by atomic mass is 32.2. The normalized spacial score (nSPS) is 22.9. The molecule has 0 N–H and O–H groups in total. The summed E-state index contributed by atoms with van der Waals surface area (Å²) >= 11 is 0. The van der Waals surface area contributed by atoms with Crippen LogP contribution in [0.4, 0.5) is 0 Å². The van der Waals surface area contributed by atoms with Crippen LogP contribution in [0.1, 0.15) is 56.8 Å². The molecule has 0 saturated carbocycles. The quantitative estimate of drug-likeness (QED) is 0.703. The summed E-state index contributed by atoms with van der Waals surface area (Å²) in [5, 5.41) is 0.286. The van der Waals surface area contributed by atoms with Crippen molar-refractivity contribution in [1.29, 1.82) is 0 Å². The van der Waals surface area contributed by atoms with Crippen LogP contribution in [-0.4, -0.2) is 54.3 Å². The molecule has 0 bridgehead atoms. The lowest BCUT2D eigenvalue weighted by molar-refractivity contribution is 0.0722. The maximum absolute atomic E-state index is 13.4. The maximum atomic E-state index is 13.4. The van der Waals surface area contributed by atoms with Crippen molar-refractivity contribution >= 4 is 26.8 Å². The number of amides is 1. The van der Waals surface area contributed by atoms with Crippen molar-refractivity contribution in [1.82, 2.24) is 13.8 Å². The standard InChI is InChI=1S/C24H33N3O4S/c1-4-25-16-21(24(29)26-10-6-5-7-11-26)23(28)20-13-19(8-9-22(20)25)32(30,31)27-14-17(2)12-18(3)15-27/h8-9,13,16-18H,4-7,10-12,14-15H2,1-3H3. The minimum atomic E-state index is -3.72. The van der Waals surface area contributed by atoms with E-state index in [1.807, 2.05) is 11.5 Å². The maximum Gasteiger partial charge on any atom is 0.259 e. The van der Waals surface area contributed by atoms with Crippen LogP contribution in [0.3, 0.4) is 0 Å². The number of nitrogens with zero attached hydrogens (tertiary/aromatic N) is 3. The second-order valence-electron chi connectivity index (χ2n) is 9.46. The van der Waals surface area contributed by atoms with Crippen molar-refractivity contribution < 1.29 is 13.2 Å². The molecular formula is C24H33N3O4S. The van der Waals surface area contributed by atoms with Gasteiger partial charge in [-0.05, 0) is 62.6 Å². The number of sulfonamides is 1. The van der Waals surface area contributed by atoms with E-state index in [-0.39, 0.29) is 21.8 Å². The van der Waals surface area contributed by atoms with Crippen molar-refractivity contribution in [3.05, 3.63) is 40.2 Å². The topological polar surface area (TPSA) is 79.7 Å². The zero-order chi connectivity index (χ0) is 23.0. The van der Waals surface area contributed by atoms with Crippen molar-refractivity contribution in [3.63, 3.8) is 0 Å². The number of hydrogen-bond donors (Lipinski definition) is 0. The van der Waals surface area contributed by atoms with Gasteiger partial charge in [0.05, 0.1) is 10.4 Å². The second-order valence-corrected chi connectivity index (χ2v) is 11.4. The molecule has 32 heavy (non-hydrogen) atoms. The molecule has 2 aliphatic heterocycles. The Morgan fingerprint density at radius 3 is 2.34 bits per heavy atom. The first kappa shape index (κ1) is 23.0. The largest absolute Gasteiger partial charge is 0.347 e. The molecule has 1 aromatic carbocycles. The number of aryl methyl sites for hydroxylation is 1. The average molecular weight is 460 g/mol. The average Bonchev–Trinajstić information content (AvgIpc) is 2.78. The molecule has 0 aliphatic carbocycles. The highest BCUT2D eigenvalue weighted by Crippen LogP contribution is 2.28. The molecule has 1 amide bonds. The molecule has 2 saturated heterocycles. The van der Waals surface area contributed by atoms with Crippen LogP contribution in [0.15, 0.2) is 34.1 Å².